The standard InChI is InChI=1S/C31H32FNO2S/c1-30(2,3)18-8-11-24-21(14-18)22-15-19(31(4,5)6)9-12-25(22)33(24)26-17-36-29(28(26)34)23-16-20(32)10-13-27(23)35-7/h8-17,34H,1-7H3/p-1. The first kappa shape index (κ1) is 24.4. The largest absolute Gasteiger partial charge is 0.870 e. The summed E-state index contributed by atoms with van der Waals surface area (Å²) in [7, 11) is 1.53. The van der Waals surface area contributed by atoms with Gasteiger partial charge in [-0.25, -0.2) is 4.39 Å². The van der Waals surface area contributed by atoms with E-state index in [1.165, 1.54) is 41.7 Å². The molecule has 0 unspecified atom stereocenters. The van der Waals surface area contributed by atoms with Crippen LogP contribution < -0.4 is 9.84 Å². The Morgan fingerprint density at radius 2 is 1.36 bits per heavy atom. The lowest BCUT2D eigenvalue weighted by Gasteiger charge is -2.19. The summed E-state index contributed by atoms with van der Waals surface area (Å²) in [5.41, 5.74) is 5.49. The van der Waals surface area contributed by atoms with E-state index < -0.39 is 5.82 Å². The lowest BCUT2D eigenvalue weighted by molar-refractivity contribution is -0.266. The lowest BCUT2D eigenvalue weighted by atomic mass is 9.85. The normalized spacial score (nSPS) is 12.6. The van der Waals surface area contributed by atoms with Crippen molar-refractivity contribution in [2.75, 3.05) is 7.11 Å². The first-order chi connectivity index (χ1) is 16.9. The number of hydrogen-bond donors (Lipinski definition) is 0. The van der Waals surface area contributed by atoms with Gasteiger partial charge < -0.3 is 14.4 Å². The first-order valence-corrected chi connectivity index (χ1v) is 13.0. The van der Waals surface area contributed by atoms with E-state index in [1.807, 2.05) is 5.38 Å². The van der Waals surface area contributed by atoms with Crippen LogP contribution >= 0.6 is 11.3 Å². The van der Waals surface area contributed by atoms with Crippen molar-refractivity contribution in [2.24, 2.45) is 0 Å². The Labute approximate surface area is 215 Å². The Balaban J connectivity index is 1.82. The molecule has 0 N–H and O–H groups in total. The summed E-state index contributed by atoms with van der Waals surface area (Å²) >= 11 is 1.32. The van der Waals surface area contributed by atoms with Gasteiger partial charge >= 0.3 is 0 Å². The molecule has 0 saturated carbocycles. The highest BCUT2D eigenvalue weighted by atomic mass is 32.1. The van der Waals surface area contributed by atoms with Crippen LogP contribution in [0.5, 0.6) is 11.5 Å². The maximum Gasteiger partial charge on any atom is 0.127 e. The third-order valence-corrected chi connectivity index (χ3v) is 7.85. The van der Waals surface area contributed by atoms with E-state index in [4.69, 9.17) is 4.74 Å². The van der Waals surface area contributed by atoms with Crippen LogP contribution in [0.3, 0.4) is 0 Å². The molecule has 3 aromatic carbocycles. The van der Waals surface area contributed by atoms with Gasteiger partial charge in [0.1, 0.15) is 11.6 Å². The van der Waals surface area contributed by atoms with Crippen LogP contribution in [0.1, 0.15) is 52.7 Å². The van der Waals surface area contributed by atoms with E-state index in [-0.39, 0.29) is 16.6 Å². The molecule has 0 fully saturated rings. The molecule has 2 aromatic heterocycles. The van der Waals surface area contributed by atoms with Crippen molar-refractivity contribution in [1.82, 2.24) is 4.57 Å². The van der Waals surface area contributed by atoms with Crippen LogP contribution in [0.2, 0.25) is 0 Å². The van der Waals surface area contributed by atoms with Gasteiger partial charge in [-0.3, -0.25) is 0 Å². The minimum Gasteiger partial charge on any atom is -0.870 e. The number of fused-ring (bicyclic) bond motifs is 3. The van der Waals surface area contributed by atoms with Gasteiger partial charge in [0.15, 0.2) is 0 Å². The van der Waals surface area contributed by atoms with Crippen molar-refractivity contribution in [3.8, 4) is 27.6 Å². The maximum absolute atomic E-state index is 14.1. The molecule has 0 aliphatic heterocycles. The minimum absolute atomic E-state index is 0.00255. The lowest BCUT2D eigenvalue weighted by Crippen LogP contribution is -2.10. The van der Waals surface area contributed by atoms with Gasteiger partial charge in [0.25, 0.3) is 0 Å². The number of aromatic nitrogens is 1. The van der Waals surface area contributed by atoms with Crippen LogP contribution in [0.15, 0.2) is 60.0 Å². The Kier molecular flexibility index (Phi) is 5.68. The second-order valence-electron chi connectivity index (χ2n) is 11.4. The van der Waals surface area contributed by atoms with Crippen molar-refractivity contribution < 1.29 is 14.2 Å². The van der Waals surface area contributed by atoms with Crippen molar-refractivity contribution in [3.63, 3.8) is 0 Å². The van der Waals surface area contributed by atoms with Crippen molar-refractivity contribution >= 4 is 33.1 Å². The van der Waals surface area contributed by atoms with Gasteiger partial charge in [0, 0.05) is 32.3 Å². The average Bonchev–Trinajstić information content (AvgIpc) is 3.34. The second-order valence-corrected chi connectivity index (χ2v) is 12.3. The molecule has 0 aliphatic carbocycles. The zero-order chi connectivity index (χ0) is 26.0. The van der Waals surface area contributed by atoms with Crippen molar-refractivity contribution in [2.45, 2.75) is 52.4 Å². The molecule has 2 heterocycles. The third kappa shape index (κ3) is 3.96. The molecule has 5 heteroatoms. The topological polar surface area (TPSA) is 37.2 Å². The number of methoxy groups -OCH3 is 1. The molecular weight excluding hydrogens is 469 g/mol. The van der Waals surface area contributed by atoms with Gasteiger partial charge in [-0.05, 0) is 64.4 Å². The SMILES string of the molecule is COc1ccc(F)cc1-c1scc(-n2c3ccc(C(C)(C)C)cc3c3cc(C(C)(C)C)ccc32)c1[O-]. The predicted octanol–water partition coefficient (Wildman–Crippen LogP) is 8.33. The molecule has 186 valence electrons. The number of thiophene rings is 1. The van der Waals surface area contributed by atoms with Gasteiger partial charge in [-0.15, -0.1) is 11.3 Å². The van der Waals surface area contributed by atoms with E-state index in [0.29, 0.717) is 21.9 Å². The molecule has 0 spiro atoms. The molecule has 0 bridgehead atoms. The number of halogens is 1. The molecule has 0 aliphatic rings. The van der Waals surface area contributed by atoms with Gasteiger partial charge in [-0.2, -0.15) is 0 Å². The van der Waals surface area contributed by atoms with Gasteiger partial charge in [-0.1, -0.05) is 59.4 Å². The molecule has 36 heavy (non-hydrogen) atoms. The zero-order valence-corrected chi connectivity index (χ0v) is 22.6. The van der Waals surface area contributed by atoms with E-state index in [2.05, 4.69) is 82.5 Å². The fraction of sp³-hybridized carbons (Fsp3) is 0.290. The first-order valence-electron chi connectivity index (χ1n) is 12.1. The summed E-state index contributed by atoms with van der Waals surface area (Å²) in [6, 6.07) is 17.3. The number of ether oxygens (including phenoxy) is 1. The Morgan fingerprint density at radius 1 is 0.806 bits per heavy atom. The molecule has 0 atom stereocenters. The highest BCUT2D eigenvalue weighted by Gasteiger charge is 2.22. The summed E-state index contributed by atoms with van der Waals surface area (Å²) in [5.74, 6) is -0.0577. The number of benzene rings is 3. The van der Waals surface area contributed by atoms with E-state index in [0.717, 1.165) is 21.8 Å². The van der Waals surface area contributed by atoms with Gasteiger partial charge in [0.2, 0.25) is 0 Å². The van der Waals surface area contributed by atoms with Crippen LogP contribution in [-0.2, 0) is 10.8 Å². The molecular formula is C31H31FNO2S-. The molecule has 0 radical (unpaired) electrons. The number of rotatable bonds is 3. The van der Waals surface area contributed by atoms with Gasteiger partial charge in [0.05, 0.1) is 18.1 Å². The van der Waals surface area contributed by atoms with E-state index >= 15 is 0 Å². The summed E-state index contributed by atoms with van der Waals surface area (Å²) in [4.78, 5) is 0.467. The van der Waals surface area contributed by atoms with Crippen LogP contribution in [0.25, 0.3) is 37.9 Å². The third-order valence-electron chi connectivity index (χ3n) is 6.87. The average molecular weight is 501 g/mol. The monoisotopic (exact) mass is 500 g/mol. The quantitative estimate of drug-likeness (QED) is 0.250. The summed E-state index contributed by atoms with van der Waals surface area (Å²) in [5, 5.41) is 17.9. The zero-order valence-electron chi connectivity index (χ0n) is 21.8. The summed E-state index contributed by atoms with van der Waals surface area (Å²) in [6.07, 6.45) is 0. The van der Waals surface area contributed by atoms with Crippen molar-refractivity contribution in [3.05, 3.63) is 76.9 Å². The Hall–Kier alpha value is -3.31. The number of hydrogen-bond acceptors (Lipinski definition) is 3. The van der Waals surface area contributed by atoms with Crippen LogP contribution in [0, 0.1) is 5.82 Å². The van der Waals surface area contributed by atoms with Crippen LogP contribution in [-0.4, -0.2) is 11.7 Å². The minimum atomic E-state index is -0.401. The van der Waals surface area contributed by atoms with E-state index in [1.54, 1.807) is 6.07 Å². The molecule has 0 amide bonds. The fourth-order valence-corrected chi connectivity index (χ4v) is 5.69. The summed E-state index contributed by atoms with van der Waals surface area (Å²) < 4.78 is 21.6. The molecule has 3 nitrogen and oxygen atoms in total. The molecule has 5 aromatic rings. The molecule has 5 rings (SSSR count). The summed E-state index contributed by atoms with van der Waals surface area (Å²) in [6.45, 7) is 13.3. The fourth-order valence-electron chi connectivity index (χ4n) is 4.75. The van der Waals surface area contributed by atoms with Crippen LogP contribution in [0.4, 0.5) is 4.39 Å². The predicted molar refractivity (Wildman–Crippen MR) is 147 cm³/mol. The highest BCUT2D eigenvalue weighted by molar-refractivity contribution is 7.14. The second kappa shape index (κ2) is 8.38. The van der Waals surface area contributed by atoms with E-state index in [9.17, 15) is 9.50 Å². The Bertz CT molecular complexity index is 1540. The molecule has 0 saturated heterocycles. The Morgan fingerprint density at radius 3 is 1.86 bits per heavy atom. The number of nitrogens with zero attached hydrogens (tertiary/aromatic N) is 1. The highest BCUT2D eigenvalue weighted by Crippen LogP contribution is 2.46. The smallest absolute Gasteiger partial charge is 0.127 e. The van der Waals surface area contributed by atoms with Crippen molar-refractivity contribution in [1.29, 1.82) is 0 Å². The maximum atomic E-state index is 14.1.